The Kier molecular flexibility index (Phi) is 2.35. The summed E-state index contributed by atoms with van der Waals surface area (Å²) >= 11 is 1.61. The number of hydrogen-bond acceptors (Lipinski definition) is 4. The van der Waals surface area contributed by atoms with Crippen LogP contribution in [0.2, 0.25) is 0 Å². The van der Waals surface area contributed by atoms with Crippen molar-refractivity contribution in [2.45, 2.75) is 25.8 Å². The maximum Gasteiger partial charge on any atom is 0.214 e. The van der Waals surface area contributed by atoms with Crippen LogP contribution in [0.4, 0.5) is 5.13 Å². The number of fused-ring (bicyclic) bond motifs is 2. The van der Waals surface area contributed by atoms with Gasteiger partial charge < -0.3 is 5.32 Å². The van der Waals surface area contributed by atoms with Crippen molar-refractivity contribution in [2.24, 2.45) is 0 Å². The average molecular weight is 270 g/mol. The van der Waals surface area contributed by atoms with Gasteiger partial charge in [0.1, 0.15) is 0 Å². The predicted octanol–water partition coefficient (Wildman–Crippen LogP) is 3.20. The third-order valence-corrected chi connectivity index (χ3v) is 4.45. The second kappa shape index (κ2) is 4.06. The van der Waals surface area contributed by atoms with Crippen LogP contribution in [0.25, 0.3) is 4.96 Å². The molecular weight excluding hydrogens is 256 g/mol. The smallest absolute Gasteiger partial charge is 0.214 e. The van der Waals surface area contributed by atoms with Gasteiger partial charge in [-0.2, -0.15) is 0 Å². The van der Waals surface area contributed by atoms with Crippen molar-refractivity contribution in [3.05, 3.63) is 47.3 Å². The Morgan fingerprint density at radius 3 is 3.16 bits per heavy atom. The summed E-state index contributed by atoms with van der Waals surface area (Å²) in [4.78, 5) is 5.38. The van der Waals surface area contributed by atoms with E-state index in [9.17, 15) is 0 Å². The summed E-state index contributed by atoms with van der Waals surface area (Å²) in [5.41, 5.74) is 3.88. The molecule has 0 spiro atoms. The third kappa shape index (κ3) is 1.81. The number of imidazole rings is 1. The highest BCUT2D eigenvalue weighted by atomic mass is 32.1. The van der Waals surface area contributed by atoms with Gasteiger partial charge in [-0.15, -0.1) is 5.10 Å². The molecule has 4 nitrogen and oxygen atoms in total. The monoisotopic (exact) mass is 270 g/mol. The van der Waals surface area contributed by atoms with Crippen LogP contribution in [0.1, 0.15) is 29.3 Å². The topological polar surface area (TPSA) is 42.2 Å². The molecule has 96 valence electrons. The summed E-state index contributed by atoms with van der Waals surface area (Å²) in [7, 11) is 0. The van der Waals surface area contributed by atoms with Gasteiger partial charge in [0.15, 0.2) is 0 Å². The number of benzene rings is 1. The molecule has 4 rings (SSSR count). The molecular formula is C14H14N4S. The van der Waals surface area contributed by atoms with Crippen molar-refractivity contribution in [3.63, 3.8) is 0 Å². The lowest BCUT2D eigenvalue weighted by Gasteiger charge is -2.12. The number of aromatic nitrogens is 3. The minimum Gasteiger partial charge on any atom is -0.353 e. The van der Waals surface area contributed by atoms with Crippen LogP contribution in [0.3, 0.4) is 0 Å². The van der Waals surface area contributed by atoms with Crippen LogP contribution in [-0.4, -0.2) is 14.6 Å². The summed E-state index contributed by atoms with van der Waals surface area (Å²) in [5.74, 6) is 0. The molecule has 1 aromatic carbocycles. The highest BCUT2D eigenvalue weighted by molar-refractivity contribution is 7.20. The molecule has 1 unspecified atom stereocenters. The summed E-state index contributed by atoms with van der Waals surface area (Å²) in [5, 5.41) is 9.02. The molecule has 1 N–H and O–H groups in total. The molecule has 0 aliphatic heterocycles. The third-order valence-electron chi connectivity index (χ3n) is 3.59. The van der Waals surface area contributed by atoms with Gasteiger partial charge in [0.2, 0.25) is 10.1 Å². The number of aryl methyl sites for hydroxylation is 2. The van der Waals surface area contributed by atoms with E-state index in [0.717, 1.165) is 28.6 Å². The van der Waals surface area contributed by atoms with Crippen LogP contribution >= 0.6 is 11.3 Å². The van der Waals surface area contributed by atoms with E-state index in [1.54, 1.807) is 11.3 Å². The van der Waals surface area contributed by atoms with Crippen LogP contribution in [0, 0.1) is 6.92 Å². The Labute approximate surface area is 115 Å². The van der Waals surface area contributed by atoms with Crippen molar-refractivity contribution in [3.8, 4) is 0 Å². The standard InChI is InChI=1S/C14H14N4S/c1-9-8-18-14(15-9)19-13(17-18)16-12-7-6-10-4-2-3-5-11(10)12/h2-5,8,12H,6-7H2,1H3,(H,16,17). The first-order valence-corrected chi connectivity index (χ1v) is 7.28. The van der Waals surface area contributed by atoms with Gasteiger partial charge in [0.05, 0.1) is 17.9 Å². The van der Waals surface area contributed by atoms with Crippen molar-refractivity contribution in [1.82, 2.24) is 14.6 Å². The Bertz CT molecular complexity index is 711. The van der Waals surface area contributed by atoms with Gasteiger partial charge in [0, 0.05) is 0 Å². The SMILES string of the molecule is Cc1cn2nc(NC3CCc4ccccc43)sc2n1. The van der Waals surface area contributed by atoms with Crippen LogP contribution in [0.15, 0.2) is 30.5 Å². The molecule has 5 heteroatoms. The fourth-order valence-corrected chi connectivity index (χ4v) is 3.60. The molecule has 0 bridgehead atoms. The first-order chi connectivity index (χ1) is 9.29. The Balaban J connectivity index is 1.63. The lowest BCUT2D eigenvalue weighted by Crippen LogP contribution is -2.06. The predicted molar refractivity (Wildman–Crippen MR) is 76.7 cm³/mol. The molecule has 2 aromatic heterocycles. The largest absolute Gasteiger partial charge is 0.353 e. The Morgan fingerprint density at radius 2 is 2.26 bits per heavy atom. The van der Waals surface area contributed by atoms with Crippen molar-refractivity contribution in [1.29, 1.82) is 0 Å². The highest BCUT2D eigenvalue weighted by Crippen LogP contribution is 2.34. The quantitative estimate of drug-likeness (QED) is 0.777. The zero-order chi connectivity index (χ0) is 12.8. The van der Waals surface area contributed by atoms with Gasteiger partial charge in [-0.1, -0.05) is 35.6 Å². The molecule has 1 aliphatic carbocycles. The minimum atomic E-state index is 0.383. The zero-order valence-electron chi connectivity index (χ0n) is 10.6. The van der Waals surface area contributed by atoms with Crippen molar-refractivity contribution in [2.75, 3.05) is 5.32 Å². The number of nitrogens with zero attached hydrogens (tertiary/aromatic N) is 3. The van der Waals surface area contributed by atoms with E-state index in [1.807, 2.05) is 17.6 Å². The van der Waals surface area contributed by atoms with E-state index in [2.05, 4.69) is 39.7 Å². The maximum atomic E-state index is 4.53. The molecule has 0 fully saturated rings. The lowest BCUT2D eigenvalue weighted by atomic mass is 10.1. The second-order valence-corrected chi connectivity index (χ2v) is 5.91. The van der Waals surface area contributed by atoms with Crippen molar-refractivity contribution >= 4 is 21.4 Å². The summed E-state index contributed by atoms with van der Waals surface area (Å²) in [6.07, 6.45) is 4.25. The maximum absolute atomic E-state index is 4.53. The highest BCUT2D eigenvalue weighted by Gasteiger charge is 2.22. The fourth-order valence-electron chi connectivity index (χ4n) is 2.72. The van der Waals surface area contributed by atoms with Crippen LogP contribution in [0.5, 0.6) is 0 Å². The van der Waals surface area contributed by atoms with Gasteiger partial charge in [-0.3, -0.25) is 0 Å². The van der Waals surface area contributed by atoms with Gasteiger partial charge in [-0.05, 0) is 30.9 Å². The molecule has 0 radical (unpaired) electrons. The Hall–Kier alpha value is -1.88. The summed E-state index contributed by atoms with van der Waals surface area (Å²) in [6.45, 7) is 1.99. The minimum absolute atomic E-state index is 0.383. The zero-order valence-corrected chi connectivity index (χ0v) is 11.4. The van der Waals surface area contributed by atoms with E-state index in [0.29, 0.717) is 6.04 Å². The van der Waals surface area contributed by atoms with E-state index in [-0.39, 0.29) is 0 Å². The van der Waals surface area contributed by atoms with Gasteiger partial charge in [0.25, 0.3) is 0 Å². The molecule has 0 amide bonds. The molecule has 1 aliphatic rings. The fraction of sp³-hybridized carbons (Fsp3) is 0.286. The van der Waals surface area contributed by atoms with Crippen LogP contribution < -0.4 is 5.32 Å². The first kappa shape index (κ1) is 11.0. The lowest BCUT2D eigenvalue weighted by molar-refractivity contribution is 0.756. The van der Waals surface area contributed by atoms with Crippen molar-refractivity contribution < 1.29 is 0 Å². The average Bonchev–Trinajstić information content (AvgIpc) is 3.03. The van der Waals surface area contributed by atoms with E-state index >= 15 is 0 Å². The van der Waals surface area contributed by atoms with Gasteiger partial charge >= 0.3 is 0 Å². The van der Waals surface area contributed by atoms with Gasteiger partial charge in [-0.25, -0.2) is 9.50 Å². The normalized spacial score (nSPS) is 17.8. The second-order valence-electron chi connectivity index (χ2n) is 4.95. The molecule has 0 saturated carbocycles. The molecule has 0 saturated heterocycles. The number of rotatable bonds is 2. The molecule has 2 heterocycles. The first-order valence-electron chi connectivity index (χ1n) is 6.47. The number of nitrogens with one attached hydrogen (secondary N) is 1. The van der Waals surface area contributed by atoms with E-state index in [1.165, 1.54) is 11.1 Å². The number of hydrogen-bond donors (Lipinski definition) is 1. The van der Waals surface area contributed by atoms with Crippen LogP contribution in [-0.2, 0) is 6.42 Å². The summed E-state index contributed by atoms with van der Waals surface area (Å²) < 4.78 is 1.85. The molecule has 1 atom stereocenters. The van der Waals surface area contributed by atoms with E-state index in [4.69, 9.17) is 0 Å². The summed E-state index contributed by atoms with van der Waals surface area (Å²) in [6, 6.07) is 9.03. The molecule has 19 heavy (non-hydrogen) atoms. The van der Waals surface area contributed by atoms with E-state index < -0.39 is 0 Å². The molecule has 3 aromatic rings. The number of anilines is 1. The Morgan fingerprint density at radius 1 is 1.37 bits per heavy atom.